The van der Waals surface area contributed by atoms with Gasteiger partial charge in [0.25, 0.3) is 0 Å². The van der Waals surface area contributed by atoms with E-state index in [0.29, 0.717) is 12.8 Å². The Hall–Kier alpha value is -0.890. The van der Waals surface area contributed by atoms with Crippen molar-refractivity contribution in [2.75, 3.05) is 0 Å². The van der Waals surface area contributed by atoms with Crippen LogP contribution in [0.1, 0.15) is 26.7 Å². The fraction of sp³-hybridized carbons (Fsp3) is 0.500. The Balaban J connectivity index is 2.89. The van der Waals surface area contributed by atoms with Gasteiger partial charge in [-0.25, -0.2) is 0 Å². The van der Waals surface area contributed by atoms with E-state index in [4.69, 9.17) is 0 Å². The topological polar surface area (TPSA) is 37.3 Å². The summed E-state index contributed by atoms with van der Waals surface area (Å²) >= 11 is 0. The average Bonchev–Trinajstić information content (AvgIpc) is 2.14. The maximum atomic E-state index is 11.3. The first-order valence-corrected chi connectivity index (χ1v) is 4.18. The van der Waals surface area contributed by atoms with Crippen molar-refractivity contribution >= 4 is 5.78 Å². The Morgan fingerprint density at radius 2 is 2.25 bits per heavy atom. The Morgan fingerprint density at radius 1 is 1.58 bits per heavy atom. The SMILES string of the molecule is CC(C)=C1CCC(O)C=CC1=O. The molecule has 0 saturated carbocycles. The third-order valence-electron chi connectivity index (χ3n) is 2.06. The highest BCUT2D eigenvalue weighted by Crippen LogP contribution is 2.18. The molecule has 0 heterocycles. The molecule has 0 amide bonds. The van der Waals surface area contributed by atoms with Crippen LogP contribution in [0.25, 0.3) is 0 Å². The van der Waals surface area contributed by atoms with Crippen molar-refractivity contribution in [1.29, 1.82) is 0 Å². The van der Waals surface area contributed by atoms with Crippen molar-refractivity contribution in [2.24, 2.45) is 0 Å². The molecule has 66 valence electrons. The van der Waals surface area contributed by atoms with Gasteiger partial charge in [0.2, 0.25) is 0 Å². The molecular weight excluding hydrogens is 152 g/mol. The summed E-state index contributed by atoms with van der Waals surface area (Å²) in [6.45, 7) is 3.86. The predicted molar refractivity (Wildman–Crippen MR) is 47.8 cm³/mol. The second-order valence-electron chi connectivity index (χ2n) is 3.31. The van der Waals surface area contributed by atoms with Crippen LogP contribution >= 0.6 is 0 Å². The zero-order valence-electron chi connectivity index (χ0n) is 7.50. The smallest absolute Gasteiger partial charge is 0.181 e. The van der Waals surface area contributed by atoms with Crippen LogP contribution in [0.5, 0.6) is 0 Å². The number of ketones is 1. The van der Waals surface area contributed by atoms with Crippen LogP contribution in [0, 0.1) is 0 Å². The molecule has 1 unspecified atom stereocenters. The molecule has 0 aromatic carbocycles. The Morgan fingerprint density at radius 3 is 2.83 bits per heavy atom. The van der Waals surface area contributed by atoms with Gasteiger partial charge in [-0.05, 0) is 38.3 Å². The third-order valence-corrected chi connectivity index (χ3v) is 2.06. The van der Waals surface area contributed by atoms with Crippen molar-refractivity contribution in [3.63, 3.8) is 0 Å². The van der Waals surface area contributed by atoms with E-state index in [1.807, 2.05) is 13.8 Å². The molecule has 2 nitrogen and oxygen atoms in total. The number of hydrogen-bond acceptors (Lipinski definition) is 2. The first kappa shape index (κ1) is 9.20. The molecule has 0 bridgehead atoms. The third kappa shape index (κ3) is 2.05. The van der Waals surface area contributed by atoms with Crippen LogP contribution in [0.4, 0.5) is 0 Å². The molecule has 2 heteroatoms. The van der Waals surface area contributed by atoms with E-state index in [0.717, 1.165) is 11.1 Å². The molecule has 0 radical (unpaired) electrons. The van der Waals surface area contributed by atoms with Gasteiger partial charge in [-0.3, -0.25) is 4.79 Å². The highest BCUT2D eigenvalue weighted by atomic mass is 16.3. The van der Waals surface area contributed by atoms with E-state index < -0.39 is 6.10 Å². The fourth-order valence-electron chi connectivity index (χ4n) is 1.31. The highest BCUT2D eigenvalue weighted by Gasteiger charge is 2.14. The Kier molecular flexibility index (Phi) is 2.82. The van der Waals surface area contributed by atoms with E-state index in [1.165, 1.54) is 6.08 Å². The number of aliphatic hydroxyl groups excluding tert-OH is 1. The average molecular weight is 166 g/mol. The van der Waals surface area contributed by atoms with E-state index in [-0.39, 0.29) is 5.78 Å². The lowest BCUT2D eigenvalue weighted by Crippen LogP contribution is -2.01. The van der Waals surface area contributed by atoms with Gasteiger partial charge in [-0.15, -0.1) is 0 Å². The second kappa shape index (κ2) is 3.68. The summed E-state index contributed by atoms with van der Waals surface area (Å²) in [5.41, 5.74) is 1.90. The van der Waals surface area contributed by atoms with Crippen LogP contribution in [0.2, 0.25) is 0 Å². The van der Waals surface area contributed by atoms with Crippen LogP contribution < -0.4 is 0 Å². The summed E-state index contributed by atoms with van der Waals surface area (Å²) in [6.07, 6.45) is 3.93. The summed E-state index contributed by atoms with van der Waals surface area (Å²) in [5, 5.41) is 9.24. The van der Waals surface area contributed by atoms with Crippen molar-refractivity contribution in [3.05, 3.63) is 23.3 Å². The minimum atomic E-state index is -0.453. The maximum absolute atomic E-state index is 11.3. The fourth-order valence-corrected chi connectivity index (χ4v) is 1.31. The quantitative estimate of drug-likeness (QED) is 0.555. The zero-order valence-corrected chi connectivity index (χ0v) is 7.50. The van der Waals surface area contributed by atoms with Gasteiger partial charge in [0.1, 0.15) is 0 Å². The molecule has 1 aliphatic rings. The standard InChI is InChI=1S/C10H14O2/c1-7(2)9-5-3-8(11)4-6-10(9)12/h4,6,8,11H,3,5H2,1-2H3. The normalized spacial score (nSPS) is 24.1. The van der Waals surface area contributed by atoms with Gasteiger partial charge in [0.15, 0.2) is 5.78 Å². The molecule has 12 heavy (non-hydrogen) atoms. The van der Waals surface area contributed by atoms with E-state index in [9.17, 15) is 9.90 Å². The van der Waals surface area contributed by atoms with Gasteiger partial charge in [0, 0.05) is 0 Å². The molecule has 0 spiro atoms. The molecule has 0 saturated heterocycles. The summed E-state index contributed by atoms with van der Waals surface area (Å²) in [5.74, 6) is 0.0477. The summed E-state index contributed by atoms with van der Waals surface area (Å²) in [4.78, 5) is 11.3. The Labute approximate surface area is 72.6 Å². The van der Waals surface area contributed by atoms with E-state index >= 15 is 0 Å². The van der Waals surface area contributed by atoms with Crippen molar-refractivity contribution in [2.45, 2.75) is 32.8 Å². The molecule has 0 aliphatic heterocycles. The molecule has 0 aromatic rings. The van der Waals surface area contributed by atoms with E-state index in [2.05, 4.69) is 0 Å². The van der Waals surface area contributed by atoms with Gasteiger partial charge < -0.3 is 5.11 Å². The second-order valence-corrected chi connectivity index (χ2v) is 3.31. The summed E-state index contributed by atoms with van der Waals surface area (Å²) in [6, 6.07) is 0. The summed E-state index contributed by atoms with van der Waals surface area (Å²) in [7, 11) is 0. The zero-order chi connectivity index (χ0) is 9.14. The number of rotatable bonds is 0. The molecule has 0 fully saturated rings. The van der Waals surface area contributed by atoms with E-state index in [1.54, 1.807) is 6.08 Å². The number of hydrogen-bond donors (Lipinski definition) is 1. The van der Waals surface area contributed by atoms with Crippen LogP contribution in [0.15, 0.2) is 23.3 Å². The number of carbonyl (C=O) groups excluding carboxylic acids is 1. The van der Waals surface area contributed by atoms with Gasteiger partial charge in [-0.1, -0.05) is 11.6 Å². The van der Waals surface area contributed by atoms with Gasteiger partial charge in [0.05, 0.1) is 6.10 Å². The van der Waals surface area contributed by atoms with Crippen molar-refractivity contribution < 1.29 is 9.90 Å². The molecule has 0 aromatic heterocycles. The molecule has 1 N–H and O–H groups in total. The van der Waals surface area contributed by atoms with Crippen molar-refractivity contribution in [1.82, 2.24) is 0 Å². The number of carbonyl (C=O) groups is 1. The lowest BCUT2D eigenvalue weighted by atomic mass is 10.0. The minimum Gasteiger partial charge on any atom is -0.389 e. The summed E-state index contributed by atoms with van der Waals surface area (Å²) < 4.78 is 0. The molecule has 1 atom stereocenters. The maximum Gasteiger partial charge on any atom is 0.181 e. The number of allylic oxidation sites excluding steroid dienone is 3. The predicted octanol–water partition coefficient (Wildman–Crippen LogP) is 1.60. The van der Waals surface area contributed by atoms with Crippen molar-refractivity contribution in [3.8, 4) is 0 Å². The van der Waals surface area contributed by atoms with Crippen LogP contribution in [-0.2, 0) is 4.79 Å². The number of aliphatic hydroxyl groups is 1. The van der Waals surface area contributed by atoms with Crippen LogP contribution in [0.3, 0.4) is 0 Å². The molecule has 1 rings (SSSR count). The lowest BCUT2D eigenvalue weighted by Gasteiger charge is -2.04. The monoisotopic (exact) mass is 166 g/mol. The molecular formula is C10H14O2. The largest absolute Gasteiger partial charge is 0.389 e. The lowest BCUT2D eigenvalue weighted by molar-refractivity contribution is -0.111. The molecule has 1 aliphatic carbocycles. The first-order valence-electron chi connectivity index (χ1n) is 4.18. The van der Waals surface area contributed by atoms with Gasteiger partial charge >= 0.3 is 0 Å². The highest BCUT2D eigenvalue weighted by molar-refractivity contribution is 6.04. The minimum absolute atomic E-state index is 0.0477. The van der Waals surface area contributed by atoms with Gasteiger partial charge in [-0.2, -0.15) is 0 Å². The first-order chi connectivity index (χ1) is 5.61. The Bertz CT molecular complexity index is 245. The van der Waals surface area contributed by atoms with Crippen LogP contribution in [-0.4, -0.2) is 17.0 Å².